The average Bonchev–Trinajstić information content (AvgIpc) is 2.69. The number of ether oxygens (including phenoxy) is 1. The number of nitro groups is 1. The highest BCUT2D eigenvalue weighted by Crippen LogP contribution is 2.26. The van der Waals surface area contributed by atoms with Gasteiger partial charge in [-0.25, -0.2) is 0 Å². The first-order valence-corrected chi connectivity index (χ1v) is 9.13. The second kappa shape index (κ2) is 8.70. The first-order valence-electron chi connectivity index (χ1n) is 8.75. The zero-order chi connectivity index (χ0) is 21.0. The van der Waals surface area contributed by atoms with Gasteiger partial charge < -0.3 is 10.1 Å². The molecule has 1 atom stereocenters. The van der Waals surface area contributed by atoms with Gasteiger partial charge in [0.15, 0.2) is 6.10 Å². The molecule has 0 radical (unpaired) electrons. The van der Waals surface area contributed by atoms with E-state index in [1.165, 1.54) is 19.1 Å². The van der Waals surface area contributed by atoms with Crippen LogP contribution in [-0.2, 0) is 20.7 Å². The van der Waals surface area contributed by atoms with Crippen LogP contribution in [0.3, 0.4) is 0 Å². The van der Waals surface area contributed by atoms with E-state index in [-0.39, 0.29) is 22.8 Å². The van der Waals surface area contributed by atoms with E-state index in [2.05, 4.69) is 5.32 Å². The van der Waals surface area contributed by atoms with Crippen LogP contribution in [0.4, 0.5) is 11.4 Å². The Kier molecular flexibility index (Phi) is 6.09. The van der Waals surface area contributed by atoms with Crippen LogP contribution in [0.5, 0.6) is 0 Å². The number of esters is 1. The summed E-state index contributed by atoms with van der Waals surface area (Å²) in [5.41, 5.74) is 0.780. The lowest BCUT2D eigenvalue weighted by Crippen LogP contribution is -2.30. The molecule has 0 aromatic heterocycles. The highest BCUT2D eigenvalue weighted by atomic mass is 35.5. The molecule has 29 heavy (non-hydrogen) atoms. The van der Waals surface area contributed by atoms with Crippen LogP contribution in [0.1, 0.15) is 12.5 Å². The summed E-state index contributed by atoms with van der Waals surface area (Å²) >= 11 is 5.96. The average molecular weight is 413 g/mol. The van der Waals surface area contributed by atoms with Gasteiger partial charge in [-0.3, -0.25) is 19.7 Å². The number of nitrogens with zero attached hydrogens (tertiary/aromatic N) is 1. The summed E-state index contributed by atoms with van der Waals surface area (Å²) in [6.07, 6.45) is -1.03. The van der Waals surface area contributed by atoms with Gasteiger partial charge in [0.25, 0.3) is 11.6 Å². The van der Waals surface area contributed by atoms with Gasteiger partial charge in [-0.1, -0.05) is 54.1 Å². The van der Waals surface area contributed by atoms with Gasteiger partial charge in [-0.15, -0.1) is 0 Å². The van der Waals surface area contributed by atoms with Crippen LogP contribution in [0.25, 0.3) is 10.8 Å². The summed E-state index contributed by atoms with van der Waals surface area (Å²) in [4.78, 5) is 34.6. The summed E-state index contributed by atoms with van der Waals surface area (Å²) in [5.74, 6) is -1.13. The summed E-state index contributed by atoms with van der Waals surface area (Å²) in [7, 11) is 0. The number of carbonyl (C=O) groups excluding carboxylic acids is 2. The Morgan fingerprint density at radius 2 is 1.83 bits per heavy atom. The molecule has 0 aliphatic rings. The summed E-state index contributed by atoms with van der Waals surface area (Å²) in [6, 6.07) is 17.1. The number of nitrogens with one attached hydrogen (secondary N) is 1. The highest BCUT2D eigenvalue weighted by molar-refractivity contribution is 6.34. The normalized spacial score (nSPS) is 11.7. The smallest absolute Gasteiger partial charge is 0.311 e. The molecule has 0 saturated carbocycles. The maximum absolute atomic E-state index is 12.3. The fraction of sp³-hybridized carbons (Fsp3) is 0.143. The van der Waals surface area contributed by atoms with Crippen molar-refractivity contribution in [2.45, 2.75) is 19.4 Å². The highest BCUT2D eigenvalue weighted by Gasteiger charge is 2.20. The number of nitro benzene ring substituents is 1. The Balaban J connectivity index is 1.59. The molecule has 0 spiro atoms. The topological polar surface area (TPSA) is 98.5 Å². The van der Waals surface area contributed by atoms with E-state index >= 15 is 0 Å². The second-order valence-corrected chi connectivity index (χ2v) is 6.81. The zero-order valence-electron chi connectivity index (χ0n) is 15.4. The molecule has 1 amide bonds. The minimum Gasteiger partial charge on any atom is -0.452 e. The SMILES string of the molecule is CC(OC(=O)Cc1ccc2ccccc2c1)C(=O)Nc1ccc([N+](=O)[O-])cc1Cl. The van der Waals surface area contributed by atoms with Crippen molar-refractivity contribution in [3.05, 3.63) is 81.4 Å². The molecule has 0 bridgehead atoms. The monoisotopic (exact) mass is 412 g/mol. The van der Waals surface area contributed by atoms with Gasteiger partial charge >= 0.3 is 5.97 Å². The maximum atomic E-state index is 12.3. The molecule has 3 aromatic carbocycles. The van der Waals surface area contributed by atoms with E-state index in [1.807, 2.05) is 42.5 Å². The molecular formula is C21H17ClN2O5. The van der Waals surface area contributed by atoms with E-state index in [1.54, 1.807) is 0 Å². The van der Waals surface area contributed by atoms with Crippen molar-refractivity contribution in [1.29, 1.82) is 0 Å². The minimum absolute atomic E-state index is 0.0160. The van der Waals surface area contributed by atoms with E-state index in [0.717, 1.165) is 22.4 Å². The van der Waals surface area contributed by atoms with Gasteiger partial charge in [-0.2, -0.15) is 0 Å². The Morgan fingerprint density at radius 1 is 1.10 bits per heavy atom. The largest absolute Gasteiger partial charge is 0.452 e. The molecule has 7 nitrogen and oxygen atoms in total. The van der Waals surface area contributed by atoms with Gasteiger partial charge in [0.05, 0.1) is 22.1 Å². The third kappa shape index (κ3) is 5.08. The lowest BCUT2D eigenvalue weighted by atomic mass is 10.1. The van der Waals surface area contributed by atoms with Crippen LogP contribution < -0.4 is 5.32 Å². The third-order valence-corrected chi connectivity index (χ3v) is 4.57. The molecule has 0 saturated heterocycles. The molecule has 0 aliphatic carbocycles. The number of non-ortho nitro benzene ring substituents is 1. The lowest BCUT2D eigenvalue weighted by Gasteiger charge is -2.14. The number of rotatable bonds is 6. The molecular weight excluding hydrogens is 396 g/mol. The Hall–Kier alpha value is -3.45. The number of fused-ring (bicyclic) bond motifs is 1. The van der Waals surface area contributed by atoms with Crippen LogP contribution >= 0.6 is 11.6 Å². The molecule has 3 aromatic rings. The van der Waals surface area contributed by atoms with Crippen molar-refractivity contribution in [3.8, 4) is 0 Å². The van der Waals surface area contributed by atoms with Crippen molar-refractivity contribution in [3.63, 3.8) is 0 Å². The Labute approximate surface area is 171 Å². The maximum Gasteiger partial charge on any atom is 0.311 e. The van der Waals surface area contributed by atoms with Crippen LogP contribution in [0, 0.1) is 10.1 Å². The molecule has 8 heteroatoms. The van der Waals surface area contributed by atoms with Crippen LogP contribution in [0.2, 0.25) is 5.02 Å². The first-order chi connectivity index (χ1) is 13.8. The summed E-state index contributed by atoms with van der Waals surface area (Å²) < 4.78 is 5.20. The summed E-state index contributed by atoms with van der Waals surface area (Å²) in [6.45, 7) is 1.44. The standard InChI is InChI=1S/C21H17ClN2O5/c1-13(21(26)23-19-9-8-17(24(27)28)12-18(19)22)29-20(25)11-14-6-7-15-4-2-3-5-16(15)10-14/h2-10,12-13H,11H2,1H3,(H,23,26). The van der Waals surface area contributed by atoms with Gasteiger partial charge in [0, 0.05) is 12.1 Å². The van der Waals surface area contributed by atoms with Gasteiger partial charge in [-0.05, 0) is 29.3 Å². The van der Waals surface area contributed by atoms with E-state index in [4.69, 9.17) is 16.3 Å². The van der Waals surface area contributed by atoms with Gasteiger partial charge in [0.2, 0.25) is 0 Å². The van der Waals surface area contributed by atoms with Crippen molar-refractivity contribution >= 4 is 45.6 Å². The number of amides is 1. The van der Waals surface area contributed by atoms with Crippen molar-refractivity contribution in [2.75, 3.05) is 5.32 Å². The third-order valence-electron chi connectivity index (χ3n) is 4.26. The molecule has 1 N–H and O–H groups in total. The Bertz CT molecular complexity index is 1100. The van der Waals surface area contributed by atoms with E-state index in [0.29, 0.717) is 0 Å². The predicted octanol–water partition coefficient (Wildman–Crippen LogP) is 4.51. The molecule has 148 valence electrons. The lowest BCUT2D eigenvalue weighted by molar-refractivity contribution is -0.384. The quantitative estimate of drug-likeness (QED) is 0.364. The number of halogens is 1. The van der Waals surface area contributed by atoms with Crippen LogP contribution in [-0.4, -0.2) is 22.9 Å². The van der Waals surface area contributed by atoms with Crippen LogP contribution in [0.15, 0.2) is 60.7 Å². The number of hydrogen-bond acceptors (Lipinski definition) is 5. The van der Waals surface area contributed by atoms with Crippen molar-refractivity contribution < 1.29 is 19.2 Å². The summed E-state index contributed by atoms with van der Waals surface area (Å²) in [5, 5.41) is 15.3. The molecule has 0 fully saturated rings. The number of hydrogen-bond donors (Lipinski definition) is 1. The molecule has 0 aliphatic heterocycles. The van der Waals surface area contributed by atoms with Crippen molar-refractivity contribution in [2.24, 2.45) is 0 Å². The number of carbonyl (C=O) groups is 2. The molecule has 0 heterocycles. The Morgan fingerprint density at radius 3 is 2.52 bits per heavy atom. The molecule has 1 unspecified atom stereocenters. The van der Waals surface area contributed by atoms with E-state index < -0.39 is 22.9 Å². The minimum atomic E-state index is -1.06. The number of anilines is 1. The first kappa shape index (κ1) is 20.3. The second-order valence-electron chi connectivity index (χ2n) is 6.40. The fourth-order valence-electron chi connectivity index (χ4n) is 2.76. The predicted molar refractivity (Wildman–Crippen MR) is 110 cm³/mol. The van der Waals surface area contributed by atoms with E-state index in [9.17, 15) is 19.7 Å². The molecule has 3 rings (SSSR count). The van der Waals surface area contributed by atoms with Gasteiger partial charge in [0.1, 0.15) is 0 Å². The zero-order valence-corrected chi connectivity index (χ0v) is 16.2. The fourth-order valence-corrected chi connectivity index (χ4v) is 2.98. The number of benzene rings is 3. The van der Waals surface area contributed by atoms with Crippen molar-refractivity contribution in [1.82, 2.24) is 0 Å².